The topological polar surface area (TPSA) is 115 Å². The molecule has 1 aromatic carbocycles. The molecular weight excluding hydrogens is 284 g/mol. The van der Waals surface area contributed by atoms with Gasteiger partial charge in [0.05, 0.1) is 9.82 Å². The summed E-state index contributed by atoms with van der Waals surface area (Å²) >= 11 is 0. The Morgan fingerprint density at radius 1 is 1.30 bits per heavy atom. The fourth-order valence-corrected chi connectivity index (χ4v) is 2.43. The Morgan fingerprint density at radius 3 is 2.70 bits per heavy atom. The molecule has 8 nitrogen and oxygen atoms in total. The number of non-ortho nitro benzene ring substituents is 1. The van der Waals surface area contributed by atoms with Crippen molar-refractivity contribution in [2.24, 2.45) is 0 Å². The lowest BCUT2D eigenvalue weighted by Gasteiger charge is -2.06. The lowest BCUT2D eigenvalue weighted by Crippen LogP contribution is -2.15. The van der Waals surface area contributed by atoms with Gasteiger partial charge in [0.15, 0.2) is 0 Å². The summed E-state index contributed by atoms with van der Waals surface area (Å²) in [5, 5.41) is 10.6. The molecule has 2 aromatic rings. The smallest absolute Gasteiger partial charge is 0.258 e. The molecule has 0 bridgehead atoms. The van der Waals surface area contributed by atoms with Gasteiger partial charge in [-0.1, -0.05) is 6.07 Å². The Kier molecular flexibility index (Phi) is 3.61. The Labute approximate surface area is 114 Å². The summed E-state index contributed by atoms with van der Waals surface area (Å²) in [7, 11) is -3.97. The molecule has 0 aliphatic heterocycles. The maximum Gasteiger partial charge on any atom is 0.270 e. The van der Waals surface area contributed by atoms with Crippen LogP contribution in [0.1, 0.15) is 5.69 Å². The largest absolute Gasteiger partial charge is 0.270 e. The third-order valence-electron chi connectivity index (χ3n) is 2.36. The van der Waals surface area contributed by atoms with Crippen molar-refractivity contribution in [1.29, 1.82) is 0 Å². The van der Waals surface area contributed by atoms with Crippen LogP contribution in [-0.4, -0.2) is 23.3 Å². The van der Waals surface area contributed by atoms with Crippen LogP contribution in [-0.2, 0) is 10.0 Å². The second-order valence-electron chi connectivity index (χ2n) is 3.88. The normalized spacial score (nSPS) is 11.1. The molecule has 0 aliphatic carbocycles. The monoisotopic (exact) mass is 294 g/mol. The van der Waals surface area contributed by atoms with Crippen molar-refractivity contribution in [2.45, 2.75) is 11.8 Å². The van der Waals surface area contributed by atoms with E-state index in [1.165, 1.54) is 24.4 Å². The summed E-state index contributed by atoms with van der Waals surface area (Å²) in [4.78, 5) is 17.4. The van der Waals surface area contributed by atoms with Gasteiger partial charge < -0.3 is 0 Å². The summed E-state index contributed by atoms with van der Waals surface area (Å²) in [5.74, 6) is -0.0866. The molecule has 0 fully saturated rings. The highest BCUT2D eigenvalue weighted by molar-refractivity contribution is 7.92. The first kappa shape index (κ1) is 13.9. The Balaban J connectivity index is 2.35. The van der Waals surface area contributed by atoms with Gasteiger partial charge in [-0.05, 0) is 19.1 Å². The fraction of sp³-hybridized carbons (Fsp3) is 0.0909. The van der Waals surface area contributed by atoms with Crippen molar-refractivity contribution < 1.29 is 13.3 Å². The van der Waals surface area contributed by atoms with E-state index in [1.807, 2.05) is 0 Å². The molecule has 2 rings (SSSR count). The van der Waals surface area contributed by atoms with Gasteiger partial charge in [0.25, 0.3) is 15.7 Å². The number of aromatic nitrogens is 2. The van der Waals surface area contributed by atoms with E-state index in [9.17, 15) is 18.5 Å². The van der Waals surface area contributed by atoms with E-state index >= 15 is 0 Å². The number of hydrogen-bond donors (Lipinski definition) is 1. The first-order chi connectivity index (χ1) is 9.38. The zero-order chi connectivity index (χ0) is 14.8. The molecule has 0 amide bonds. The maximum atomic E-state index is 12.1. The highest BCUT2D eigenvalue weighted by Gasteiger charge is 2.18. The fourth-order valence-electron chi connectivity index (χ4n) is 1.44. The van der Waals surface area contributed by atoms with Crippen LogP contribution in [0.5, 0.6) is 0 Å². The number of nitrogens with zero attached hydrogens (tertiary/aromatic N) is 3. The second kappa shape index (κ2) is 5.21. The number of benzene rings is 1. The van der Waals surface area contributed by atoms with Crippen LogP contribution >= 0.6 is 0 Å². The molecule has 0 spiro atoms. The average Bonchev–Trinajstić information content (AvgIpc) is 2.38. The van der Waals surface area contributed by atoms with Crippen LogP contribution in [0.4, 0.5) is 11.6 Å². The van der Waals surface area contributed by atoms with Gasteiger partial charge in [0, 0.05) is 24.0 Å². The minimum absolute atomic E-state index is 0.0866. The molecule has 0 saturated heterocycles. The van der Waals surface area contributed by atoms with Gasteiger partial charge in [-0.15, -0.1) is 0 Å². The number of nitrogens with one attached hydrogen (secondary N) is 1. The van der Waals surface area contributed by atoms with Crippen molar-refractivity contribution >= 4 is 21.7 Å². The van der Waals surface area contributed by atoms with Gasteiger partial charge >= 0.3 is 0 Å². The predicted molar refractivity (Wildman–Crippen MR) is 70.7 cm³/mol. The van der Waals surface area contributed by atoms with E-state index < -0.39 is 14.9 Å². The zero-order valence-corrected chi connectivity index (χ0v) is 11.2. The van der Waals surface area contributed by atoms with Crippen molar-refractivity contribution in [3.05, 3.63) is 52.3 Å². The van der Waals surface area contributed by atoms with Crippen LogP contribution in [0.25, 0.3) is 0 Å². The van der Waals surface area contributed by atoms with Crippen LogP contribution in [0, 0.1) is 17.0 Å². The van der Waals surface area contributed by atoms with Crippen LogP contribution in [0.3, 0.4) is 0 Å². The summed E-state index contributed by atoms with van der Waals surface area (Å²) in [6, 6.07) is 6.35. The summed E-state index contributed by atoms with van der Waals surface area (Å²) in [5.41, 5.74) is 0.287. The van der Waals surface area contributed by atoms with E-state index in [2.05, 4.69) is 14.7 Å². The summed E-state index contributed by atoms with van der Waals surface area (Å²) < 4.78 is 26.3. The van der Waals surface area contributed by atoms with Crippen LogP contribution in [0.2, 0.25) is 0 Å². The first-order valence-electron chi connectivity index (χ1n) is 5.45. The highest BCUT2D eigenvalue weighted by atomic mass is 32.2. The van der Waals surface area contributed by atoms with Gasteiger partial charge in [0.1, 0.15) is 0 Å². The molecule has 0 unspecified atom stereocenters. The molecule has 0 radical (unpaired) electrons. The number of nitro benzene ring substituents is 1. The number of aryl methyl sites for hydroxylation is 1. The van der Waals surface area contributed by atoms with E-state index in [0.29, 0.717) is 5.69 Å². The van der Waals surface area contributed by atoms with E-state index in [-0.39, 0.29) is 16.5 Å². The highest BCUT2D eigenvalue weighted by Crippen LogP contribution is 2.19. The number of sulfonamides is 1. The van der Waals surface area contributed by atoms with E-state index in [1.54, 1.807) is 13.0 Å². The van der Waals surface area contributed by atoms with Crippen molar-refractivity contribution in [2.75, 3.05) is 4.72 Å². The Bertz CT molecular complexity index is 761. The molecule has 1 aromatic heterocycles. The molecular formula is C11H10N4O4S. The SMILES string of the molecule is Cc1ccnc(NS(=O)(=O)c2cccc([N+](=O)[O-])c2)n1. The lowest BCUT2D eigenvalue weighted by atomic mass is 10.3. The zero-order valence-electron chi connectivity index (χ0n) is 10.3. The quantitative estimate of drug-likeness (QED) is 0.674. The Morgan fingerprint density at radius 2 is 2.05 bits per heavy atom. The molecule has 20 heavy (non-hydrogen) atoms. The van der Waals surface area contributed by atoms with Gasteiger partial charge in [-0.2, -0.15) is 0 Å². The maximum absolute atomic E-state index is 12.1. The van der Waals surface area contributed by atoms with Crippen molar-refractivity contribution in [3.8, 4) is 0 Å². The third kappa shape index (κ3) is 3.06. The summed E-state index contributed by atoms with van der Waals surface area (Å²) in [6.45, 7) is 1.69. The molecule has 9 heteroatoms. The van der Waals surface area contributed by atoms with Gasteiger partial charge in [0.2, 0.25) is 5.95 Å². The molecule has 104 valence electrons. The number of hydrogen-bond acceptors (Lipinski definition) is 6. The number of rotatable bonds is 4. The Hall–Kier alpha value is -2.55. The molecule has 0 atom stereocenters. The second-order valence-corrected chi connectivity index (χ2v) is 5.56. The summed E-state index contributed by atoms with van der Waals surface area (Å²) in [6.07, 6.45) is 1.41. The average molecular weight is 294 g/mol. The number of anilines is 1. The molecule has 0 aliphatic rings. The van der Waals surface area contributed by atoms with Gasteiger partial charge in [-0.3, -0.25) is 10.1 Å². The molecule has 1 N–H and O–H groups in total. The first-order valence-corrected chi connectivity index (χ1v) is 6.94. The van der Waals surface area contributed by atoms with E-state index in [0.717, 1.165) is 6.07 Å². The van der Waals surface area contributed by atoms with Crippen LogP contribution < -0.4 is 4.72 Å². The predicted octanol–water partition coefficient (Wildman–Crippen LogP) is 1.49. The number of nitro groups is 1. The standard InChI is InChI=1S/C11H10N4O4S/c1-8-5-6-12-11(13-8)14-20(18,19)10-4-2-3-9(7-10)15(16)17/h2-7H,1H3,(H,12,13,14). The van der Waals surface area contributed by atoms with Gasteiger partial charge in [-0.25, -0.2) is 23.1 Å². The van der Waals surface area contributed by atoms with E-state index in [4.69, 9.17) is 0 Å². The lowest BCUT2D eigenvalue weighted by molar-refractivity contribution is -0.385. The third-order valence-corrected chi connectivity index (χ3v) is 3.69. The molecule has 0 saturated carbocycles. The molecule has 1 heterocycles. The van der Waals surface area contributed by atoms with Crippen molar-refractivity contribution in [3.63, 3.8) is 0 Å². The van der Waals surface area contributed by atoms with Crippen LogP contribution in [0.15, 0.2) is 41.4 Å². The minimum atomic E-state index is -3.97. The minimum Gasteiger partial charge on any atom is -0.258 e. The van der Waals surface area contributed by atoms with Crippen molar-refractivity contribution in [1.82, 2.24) is 9.97 Å².